The highest BCUT2D eigenvalue weighted by atomic mass is 79.9. The Morgan fingerprint density at radius 1 is 1.45 bits per heavy atom. The third-order valence-corrected chi connectivity index (χ3v) is 3.11. The Morgan fingerprint density at radius 2 is 2.00 bits per heavy atom. The number of anilines is 1. The van der Waals surface area contributed by atoms with Gasteiger partial charge >= 0.3 is 0 Å². The second-order valence-corrected chi connectivity index (χ2v) is 3.84. The predicted molar refractivity (Wildman–Crippen MR) is 50.9 cm³/mol. The maximum Gasteiger partial charge on any atom is 0.128 e. The van der Waals surface area contributed by atoms with Crippen molar-refractivity contribution in [3.05, 3.63) is 26.4 Å². The number of hydrogen-bond acceptors (Lipinski definition) is 1. The molecule has 0 atom stereocenters. The van der Waals surface area contributed by atoms with Crippen LogP contribution in [-0.2, 0) is 0 Å². The van der Waals surface area contributed by atoms with E-state index in [2.05, 4.69) is 31.9 Å². The highest BCUT2D eigenvalue weighted by Crippen LogP contribution is 2.32. The molecule has 0 aromatic heterocycles. The van der Waals surface area contributed by atoms with Gasteiger partial charge in [-0.15, -0.1) is 0 Å². The Bertz CT molecular complexity index is 273. The Kier molecular flexibility index (Phi) is 2.54. The van der Waals surface area contributed by atoms with Crippen molar-refractivity contribution in [2.45, 2.75) is 6.92 Å². The molecule has 0 unspecified atom stereocenters. The molecule has 0 heterocycles. The first-order valence-corrected chi connectivity index (χ1v) is 4.52. The van der Waals surface area contributed by atoms with Crippen molar-refractivity contribution in [3.8, 4) is 0 Å². The van der Waals surface area contributed by atoms with E-state index in [1.807, 2.05) is 0 Å². The molecule has 0 radical (unpaired) electrons. The number of hydrogen-bond donors (Lipinski definition) is 1. The van der Waals surface area contributed by atoms with Crippen molar-refractivity contribution in [1.29, 1.82) is 0 Å². The van der Waals surface area contributed by atoms with Crippen LogP contribution in [0.5, 0.6) is 0 Å². The van der Waals surface area contributed by atoms with Crippen LogP contribution in [0.15, 0.2) is 15.0 Å². The van der Waals surface area contributed by atoms with Crippen LogP contribution in [0.25, 0.3) is 0 Å². The summed E-state index contributed by atoms with van der Waals surface area (Å²) in [6.07, 6.45) is 0. The molecule has 11 heavy (non-hydrogen) atoms. The van der Waals surface area contributed by atoms with Crippen molar-refractivity contribution in [1.82, 2.24) is 0 Å². The lowest BCUT2D eigenvalue weighted by molar-refractivity contribution is 0.617. The molecule has 0 fully saturated rings. The fourth-order valence-corrected chi connectivity index (χ4v) is 1.78. The van der Waals surface area contributed by atoms with Crippen molar-refractivity contribution in [2.24, 2.45) is 0 Å². The zero-order chi connectivity index (χ0) is 8.59. The highest BCUT2D eigenvalue weighted by Gasteiger charge is 2.08. The maximum atomic E-state index is 12.9. The molecule has 0 aliphatic heterocycles. The van der Waals surface area contributed by atoms with E-state index in [0.717, 1.165) is 0 Å². The molecule has 0 aliphatic carbocycles. The summed E-state index contributed by atoms with van der Waals surface area (Å²) in [5.41, 5.74) is 6.66. The molecule has 0 amide bonds. The van der Waals surface area contributed by atoms with Crippen molar-refractivity contribution >= 4 is 37.5 Å². The molecule has 0 bridgehead atoms. The fraction of sp³-hybridized carbons (Fsp3) is 0.143. The van der Waals surface area contributed by atoms with Crippen LogP contribution >= 0.6 is 31.9 Å². The molecular weight excluding hydrogens is 277 g/mol. The monoisotopic (exact) mass is 281 g/mol. The van der Waals surface area contributed by atoms with Crippen molar-refractivity contribution in [3.63, 3.8) is 0 Å². The summed E-state index contributed by atoms with van der Waals surface area (Å²) >= 11 is 6.32. The van der Waals surface area contributed by atoms with Crippen LogP contribution < -0.4 is 5.73 Å². The van der Waals surface area contributed by atoms with E-state index in [4.69, 9.17) is 5.73 Å². The summed E-state index contributed by atoms with van der Waals surface area (Å²) in [7, 11) is 0. The minimum Gasteiger partial charge on any atom is -0.397 e. The predicted octanol–water partition coefficient (Wildman–Crippen LogP) is 3.24. The van der Waals surface area contributed by atoms with E-state index in [0.29, 0.717) is 20.2 Å². The second kappa shape index (κ2) is 3.11. The van der Waals surface area contributed by atoms with Crippen LogP contribution in [0.1, 0.15) is 5.56 Å². The first-order valence-electron chi connectivity index (χ1n) is 2.93. The van der Waals surface area contributed by atoms with E-state index in [1.165, 1.54) is 6.07 Å². The third kappa shape index (κ3) is 1.56. The zero-order valence-corrected chi connectivity index (χ0v) is 8.96. The normalized spacial score (nSPS) is 10.2. The topological polar surface area (TPSA) is 26.0 Å². The number of halogens is 3. The van der Waals surface area contributed by atoms with Gasteiger partial charge in [0.2, 0.25) is 0 Å². The Morgan fingerprint density at radius 3 is 2.55 bits per heavy atom. The molecule has 0 aliphatic rings. The van der Waals surface area contributed by atoms with Crippen LogP contribution in [0, 0.1) is 12.7 Å². The van der Waals surface area contributed by atoms with Gasteiger partial charge in [-0.2, -0.15) is 0 Å². The van der Waals surface area contributed by atoms with Gasteiger partial charge in [0.1, 0.15) is 5.82 Å². The molecule has 1 aromatic carbocycles. The van der Waals surface area contributed by atoms with Crippen LogP contribution in [0.4, 0.5) is 10.1 Å². The molecule has 0 spiro atoms. The van der Waals surface area contributed by atoms with Gasteiger partial charge in [-0.25, -0.2) is 4.39 Å². The summed E-state index contributed by atoms with van der Waals surface area (Å²) in [6.45, 7) is 1.67. The van der Waals surface area contributed by atoms with Crippen LogP contribution in [-0.4, -0.2) is 0 Å². The summed E-state index contributed by atoms with van der Waals surface area (Å²) in [5.74, 6) is -0.266. The Balaban J connectivity index is 3.46. The molecule has 1 rings (SSSR count). The Hall–Kier alpha value is -0.0900. The van der Waals surface area contributed by atoms with E-state index in [1.54, 1.807) is 6.92 Å². The van der Waals surface area contributed by atoms with Gasteiger partial charge in [-0.3, -0.25) is 0 Å². The number of benzene rings is 1. The van der Waals surface area contributed by atoms with Gasteiger partial charge in [-0.05, 0) is 44.8 Å². The SMILES string of the molecule is Cc1c(F)cc(Br)c(N)c1Br. The van der Waals surface area contributed by atoms with E-state index < -0.39 is 0 Å². The first-order chi connectivity index (χ1) is 5.04. The number of nitrogens with two attached hydrogens (primary N) is 1. The highest BCUT2D eigenvalue weighted by molar-refractivity contribution is 9.11. The molecule has 2 N–H and O–H groups in total. The molecule has 0 saturated carbocycles. The molecule has 1 nitrogen and oxygen atoms in total. The number of rotatable bonds is 0. The minimum absolute atomic E-state index is 0.266. The first kappa shape index (κ1) is 9.00. The molecule has 60 valence electrons. The van der Waals surface area contributed by atoms with Crippen molar-refractivity contribution < 1.29 is 4.39 Å². The minimum atomic E-state index is -0.266. The third-order valence-electron chi connectivity index (χ3n) is 1.43. The molecular formula is C7H6Br2FN. The summed E-state index contributed by atoms with van der Waals surface area (Å²) in [4.78, 5) is 0. The lowest BCUT2D eigenvalue weighted by Gasteiger charge is -2.05. The zero-order valence-electron chi connectivity index (χ0n) is 5.79. The maximum absolute atomic E-state index is 12.9. The van der Waals surface area contributed by atoms with E-state index in [9.17, 15) is 4.39 Å². The van der Waals surface area contributed by atoms with Gasteiger partial charge in [0.05, 0.1) is 5.69 Å². The van der Waals surface area contributed by atoms with Gasteiger partial charge in [0.25, 0.3) is 0 Å². The summed E-state index contributed by atoms with van der Waals surface area (Å²) in [6, 6.07) is 1.36. The number of nitrogen functional groups attached to an aromatic ring is 1. The van der Waals surface area contributed by atoms with Gasteiger partial charge < -0.3 is 5.73 Å². The van der Waals surface area contributed by atoms with Gasteiger partial charge in [0, 0.05) is 14.5 Å². The smallest absolute Gasteiger partial charge is 0.128 e. The Labute approximate surface area is 81.0 Å². The largest absolute Gasteiger partial charge is 0.397 e. The van der Waals surface area contributed by atoms with Gasteiger partial charge in [0.15, 0.2) is 0 Å². The summed E-state index contributed by atoms with van der Waals surface area (Å²) in [5, 5.41) is 0. The van der Waals surface area contributed by atoms with E-state index in [-0.39, 0.29) is 5.82 Å². The fourth-order valence-electron chi connectivity index (χ4n) is 0.709. The molecule has 1 aromatic rings. The average Bonchev–Trinajstić information content (AvgIpc) is 1.97. The van der Waals surface area contributed by atoms with E-state index >= 15 is 0 Å². The van der Waals surface area contributed by atoms with Crippen molar-refractivity contribution in [2.75, 3.05) is 5.73 Å². The van der Waals surface area contributed by atoms with Crippen LogP contribution in [0.3, 0.4) is 0 Å². The summed E-state index contributed by atoms with van der Waals surface area (Å²) < 4.78 is 14.1. The molecule has 4 heteroatoms. The average molecular weight is 283 g/mol. The lowest BCUT2D eigenvalue weighted by atomic mass is 10.2. The van der Waals surface area contributed by atoms with Gasteiger partial charge in [-0.1, -0.05) is 0 Å². The standard InChI is InChI=1S/C7H6Br2FN/c1-3-5(10)2-4(8)7(11)6(3)9/h2H,11H2,1H3. The molecule has 0 saturated heterocycles. The lowest BCUT2D eigenvalue weighted by Crippen LogP contribution is -1.93. The second-order valence-electron chi connectivity index (χ2n) is 2.19. The van der Waals surface area contributed by atoms with Crippen LogP contribution in [0.2, 0.25) is 0 Å². The quantitative estimate of drug-likeness (QED) is 0.727.